The van der Waals surface area contributed by atoms with Crippen molar-refractivity contribution < 1.29 is 17.7 Å². The van der Waals surface area contributed by atoms with Crippen LogP contribution in [0.5, 0.6) is 0 Å². The minimum atomic E-state index is -3.90. The summed E-state index contributed by atoms with van der Waals surface area (Å²) in [5.41, 5.74) is 11.2. The van der Waals surface area contributed by atoms with Gasteiger partial charge in [0.25, 0.3) is 5.91 Å². The second-order valence-corrected chi connectivity index (χ2v) is 10.8. The van der Waals surface area contributed by atoms with Crippen molar-refractivity contribution in [3.63, 3.8) is 0 Å². The van der Waals surface area contributed by atoms with Crippen LogP contribution in [-0.2, 0) is 16.4 Å². The molecule has 11 heteroatoms. The summed E-state index contributed by atoms with van der Waals surface area (Å²) in [4.78, 5) is 15.7. The molecular weight excluding hydrogens is 504 g/mol. The van der Waals surface area contributed by atoms with E-state index < -0.39 is 10.0 Å². The number of nitrogens with two attached hydrogens (primary N) is 2. The molecule has 0 saturated heterocycles. The Kier molecular flexibility index (Phi) is 5.55. The van der Waals surface area contributed by atoms with Gasteiger partial charge in [0.05, 0.1) is 21.7 Å². The quantitative estimate of drug-likeness (QED) is 0.360. The highest BCUT2D eigenvalue weighted by molar-refractivity contribution is 7.89. The van der Waals surface area contributed by atoms with E-state index in [0.717, 1.165) is 29.7 Å². The summed E-state index contributed by atoms with van der Waals surface area (Å²) in [6, 6.07) is 19.4. The van der Waals surface area contributed by atoms with Gasteiger partial charge in [-0.15, -0.1) is 0 Å². The maximum Gasteiger partial charge on any atom is 0.277 e. The minimum Gasteiger partial charge on any atom is -0.380 e. The lowest BCUT2D eigenvalue weighted by Crippen LogP contribution is -2.36. The second kappa shape index (κ2) is 8.82. The summed E-state index contributed by atoms with van der Waals surface area (Å²) in [6.45, 7) is 2.37. The predicted octanol–water partition coefficient (Wildman–Crippen LogP) is 3.81. The third kappa shape index (κ3) is 4.01. The molecule has 5 aromatic rings. The van der Waals surface area contributed by atoms with Crippen LogP contribution in [0, 0.1) is 6.92 Å². The van der Waals surface area contributed by atoms with Crippen LogP contribution in [0.4, 0.5) is 11.5 Å². The van der Waals surface area contributed by atoms with Gasteiger partial charge in [0.15, 0.2) is 11.4 Å². The molecule has 38 heavy (non-hydrogen) atoms. The average molecular weight is 529 g/mol. The molecule has 4 N–H and O–H groups in total. The van der Waals surface area contributed by atoms with Gasteiger partial charge in [0.2, 0.25) is 10.0 Å². The van der Waals surface area contributed by atoms with Gasteiger partial charge in [-0.1, -0.05) is 29.4 Å². The number of nitrogens with zero attached hydrogens (tertiary/aromatic N) is 4. The smallest absolute Gasteiger partial charge is 0.277 e. The lowest BCUT2D eigenvalue weighted by atomic mass is 9.96. The number of benzene rings is 3. The number of hydrogen-bond acceptors (Lipinski definition) is 7. The Morgan fingerprint density at radius 3 is 2.68 bits per heavy atom. The van der Waals surface area contributed by atoms with Crippen LogP contribution in [0.2, 0.25) is 0 Å². The van der Waals surface area contributed by atoms with Crippen LogP contribution in [0.25, 0.3) is 27.8 Å². The number of carbonyl (C=O) groups excluding carboxylic acids is 1. The number of amides is 1. The summed E-state index contributed by atoms with van der Waals surface area (Å²) < 4.78 is 31.1. The topological polar surface area (TPSA) is 150 Å². The zero-order valence-electron chi connectivity index (χ0n) is 20.5. The molecule has 1 aliphatic heterocycles. The van der Waals surface area contributed by atoms with Crippen LogP contribution in [0.15, 0.2) is 76.1 Å². The van der Waals surface area contributed by atoms with Crippen molar-refractivity contribution in [2.75, 3.05) is 17.2 Å². The number of aromatic nitrogens is 3. The van der Waals surface area contributed by atoms with E-state index in [1.807, 2.05) is 25.1 Å². The van der Waals surface area contributed by atoms with Crippen molar-refractivity contribution in [3.8, 4) is 16.8 Å². The van der Waals surface area contributed by atoms with Crippen molar-refractivity contribution in [3.05, 3.63) is 83.7 Å². The normalized spacial score (nSPS) is 13.6. The van der Waals surface area contributed by atoms with Gasteiger partial charge in [-0.05, 0) is 73.4 Å². The fourth-order valence-corrected chi connectivity index (χ4v) is 5.75. The van der Waals surface area contributed by atoms with Crippen LogP contribution in [0.3, 0.4) is 0 Å². The molecule has 0 fully saturated rings. The van der Waals surface area contributed by atoms with Gasteiger partial charge < -0.3 is 15.2 Å². The number of aryl methyl sites for hydroxylation is 2. The summed E-state index contributed by atoms with van der Waals surface area (Å²) in [7, 11) is -3.90. The average Bonchev–Trinajstić information content (AvgIpc) is 3.49. The predicted molar refractivity (Wildman–Crippen MR) is 144 cm³/mol. The van der Waals surface area contributed by atoms with Crippen molar-refractivity contribution in [2.24, 2.45) is 5.14 Å². The largest absolute Gasteiger partial charge is 0.380 e. The van der Waals surface area contributed by atoms with Gasteiger partial charge >= 0.3 is 0 Å². The number of nitrogen functional groups attached to an aromatic ring is 1. The zero-order valence-corrected chi connectivity index (χ0v) is 21.3. The van der Waals surface area contributed by atoms with Gasteiger partial charge in [-0.2, -0.15) is 5.10 Å². The van der Waals surface area contributed by atoms with Crippen molar-refractivity contribution in [1.29, 1.82) is 0 Å². The number of fused-ring (bicyclic) bond motifs is 2. The molecule has 192 valence electrons. The van der Waals surface area contributed by atoms with Crippen molar-refractivity contribution in [1.82, 2.24) is 14.9 Å². The van der Waals surface area contributed by atoms with Crippen molar-refractivity contribution in [2.45, 2.75) is 24.7 Å². The molecule has 10 nitrogen and oxygen atoms in total. The standard InChI is InChI=1S/C27H24N6O4S/c1-16-13-23(33(30-16)19-9-11-24-21(15-19)26(28)31-37-24)27(34)32-12-4-5-18-14-17(8-10-22(18)32)20-6-2-3-7-25(20)38(29,35)36/h2-3,6-11,13-15H,4-5,12H2,1H3,(H2,28,31)(H2,29,35,36). The van der Waals surface area contributed by atoms with E-state index in [4.69, 9.17) is 15.4 Å². The second-order valence-electron chi connectivity index (χ2n) is 9.28. The third-order valence-electron chi connectivity index (χ3n) is 6.72. The Balaban J connectivity index is 1.39. The van der Waals surface area contributed by atoms with Crippen LogP contribution in [0.1, 0.15) is 28.2 Å². The summed E-state index contributed by atoms with van der Waals surface area (Å²) >= 11 is 0. The molecule has 0 spiro atoms. The van der Waals surface area contributed by atoms with E-state index in [2.05, 4.69) is 10.3 Å². The van der Waals surface area contributed by atoms with E-state index >= 15 is 0 Å². The Hall–Kier alpha value is -4.48. The Morgan fingerprint density at radius 2 is 1.87 bits per heavy atom. The molecule has 0 radical (unpaired) electrons. The lowest BCUT2D eigenvalue weighted by Gasteiger charge is -2.30. The molecule has 1 amide bonds. The molecule has 0 bridgehead atoms. The van der Waals surface area contributed by atoms with E-state index in [-0.39, 0.29) is 16.6 Å². The third-order valence-corrected chi connectivity index (χ3v) is 7.69. The van der Waals surface area contributed by atoms with Crippen molar-refractivity contribution >= 4 is 38.4 Å². The van der Waals surface area contributed by atoms with Crippen LogP contribution >= 0.6 is 0 Å². The molecule has 2 aromatic heterocycles. The number of hydrogen-bond donors (Lipinski definition) is 2. The minimum absolute atomic E-state index is 0.0634. The number of anilines is 2. The zero-order chi connectivity index (χ0) is 26.6. The fourth-order valence-electron chi connectivity index (χ4n) is 4.99. The maximum absolute atomic E-state index is 13.9. The molecule has 0 atom stereocenters. The maximum atomic E-state index is 13.9. The van der Waals surface area contributed by atoms with Gasteiger partial charge in [0, 0.05) is 17.8 Å². The van der Waals surface area contributed by atoms with Gasteiger partial charge in [0.1, 0.15) is 5.69 Å². The number of carbonyl (C=O) groups is 1. The summed E-state index contributed by atoms with van der Waals surface area (Å²) in [6.07, 6.45) is 1.52. The Morgan fingerprint density at radius 1 is 1.05 bits per heavy atom. The number of rotatable bonds is 4. The van der Waals surface area contributed by atoms with Gasteiger partial charge in [-0.25, -0.2) is 18.2 Å². The Bertz CT molecular complexity index is 1840. The molecule has 0 saturated carbocycles. The molecule has 0 unspecified atom stereocenters. The van der Waals surface area contributed by atoms with E-state index in [1.165, 1.54) is 6.07 Å². The van der Waals surface area contributed by atoms with Gasteiger partial charge in [-0.3, -0.25) is 4.79 Å². The molecule has 3 heterocycles. The first-order chi connectivity index (χ1) is 18.2. The summed E-state index contributed by atoms with van der Waals surface area (Å²) in [5.74, 6) is 0.0750. The van der Waals surface area contributed by atoms with Crippen LogP contribution in [-0.4, -0.2) is 35.8 Å². The highest BCUT2D eigenvalue weighted by Gasteiger charge is 2.28. The molecule has 3 aromatic carbocycles. The molecule has 1 aliphatic rings. The first-order valence-electron chi connectivity index (χ1n) is 12.0. The van der Waals surface area contributed by atoms with E-state index in [0.29, 0.717) is 40.2 Å². The first kappa shape index (κ1) is 23.9. The SMILES string of the molecule is Cc1cc(C(=O)N2CCCc3cc(-c4ccccc4S(N)(=O)=O)ccc32)n(-c2ccc3onc(N)c3c2)n1. The molecule has 6 rings (SSSR count). The first-order valence-corrected chi connectivity index (χ1v) is 13.5. The fraction of sp³-hybridized carbons (Fsp3) is 0.148. The number of primary sulfonamides is 1. The van der Waals surface area contributed by atoms with E-state index in [9.17, 15) is 13.2 Å². The highest BCUT2D eigenvalue weighted by atomic mass is 32.2. The van der Waals surface area contributed by atoms with E-state index in [1.54, 1.807) is 52.0 Å². The molecule has 0 aliphatic carbocycles. The Labute approximate surface area is 218 Å². The highest BCUT2D eigenvalue weighted by Crippen LogP contribution is 2.35. The lowest BCUT2D eigenvalue weighted by molar-refractivity contribution is 0.0977. The molecular formula is C27H24N6O4S. The monoisotopic (exact) mass is 528 g/mol. The number of sulfonamides is 1. The summed E-state index contributed by atoms with van der Waals surface area (Å²) in [5, 5.41) is 14.5. The van der Waals surface area contributed by atoms with Crippen LogP contribution < -0.4 is 15.8 Å².